The molecule has 1 heterocycles. The van der Waals surface area contributed by atoms with Gasteiger partial charge in [0.1, 0.15) is 12.4 Å². The minimum Gasteiger partial charge on any atom is -0.487 e. The van der Waals surface area contributed by atoms with E-state index in [1.165, 1.54) is 3.57 Å². The summed E-state index contributed by atoms with van der Waals surface area (Å²) < 4.78 is 14.7. The van der Waals surface area contributed by atoms with Crippen LogP contribution in [0.2, 0.25) is 0 Å². The Hall–Kier alpha value is -2.25. The lowest BCUT2D eigenvalue weighted by Crippen LogP contribution is -2.05. The van der Waals surface area contributed by atoms with Gasteiger partial charge in [-0.15, -0.1) is 0 Å². The molecule has 1 aliphatic heterocycles. The van der Waals surface area contributed by atoms with Crippen LogP contribution in [0.5, 0.6) is 5.75 Å². The van der Waals surface area contributed by atoms with E-state index in [9.17, 15) is 4.79 Å². The lowest BCUT2D eigenvalue weighted by Gasteiger charge is -2.11. The number of cyclic esters (lactones) is 1. The van der Waals surface area contributed by atoms with Gasteiger partial charge < -0.3 is 9.47 Å². The van der Waals surface area contributed by atoms with Gasteiger partial charge in [0, 0.05) is 9.13 Å². The molecule has 7 heteroatoms. The number of carbonyl (C=O) groups is 1. The molecule has 0 unspecified atom stereocenters. The van der Waals surface area contributed by atoms with Gasteiger partial charge in [-0.05, 0) is 133 Å². The smallest absolute Gasteiger partial charge is 0.363 e. The second-order valence-corrected chi connectivity index (χ2v) is 11.6. The number of esters is 1. The molecule has 0 saturated carbocycles. The highest BCUT2D eigenvalue weighted by atomic mass is 127. The Bertz CT molecular complexity index is 1460. The van der Waals surface area contributed by atoms with E-state index in [2.05, 4.69) is 109 Å². The van der Waals surface area contributed by atoms with Crippen LogP contribution in [0.25, 0.3) is 17.2 Å². The van der Waals surface area contributed by atoms with E-state index in [0.717, 1.165) is 40.7 Å². The van der Waals surface area contributed by atoms with E-state index < -0.39 is 5.97 Å². The Morgan fingerprint density at radius 3 is 2.06 bits per heavy atom. The Balaban J connectivity index is 1.33. The summed E-state index contributed by atoms with van der Waals surface area (Å²) in [5.74, 6) is 0.683. The largest absolute Gasteiger partial charge is 0.487 e. The van der Waals surface area contributed by atoms with Crippen LogP contribution in [0, 0.1) is 10.7 Å². The first-order valence-corrected chi connectivity index (χ1v) is 14.2. The van der Waals surface area contributed by atoms with Crippen LogP contribution >= 0.6 is 67.8 Å². The van der Waals surface area contributed by atoms with Crippen LogP contribution in [0.1, 0.15) is 16.7 Å². The molecule has 0 spiro atoms. The van der Waals surface area contributed by atoms with Crippen molar-refractivity contribution in [2.75, 3.05) is 0 Å². The molecule has 0 fully saturated rings. The number of hydrogen-bond donors (Lipinski definition) is 0. The standard InChI is InChI=1S/C29H18I3NO3/c30-23-12-6-18(7-13-23)17-35-27-24(31)14-19(15-25(27)32)16-26-29(34)36-28(33-26)22-10-8-21(9-11-22)20-4-2-1-3-5-20/h1-16H,17H2/b26-16-. The van der Waals surface area contributed by atoms with Crippen molar-refractivity contribution in [2.45, 2.75) is 6.61 Å². The number of rotatable bonds is 6. The zero-order chi connectivity index (χ0) is 25.1. The summed E-state index contributed by atoms with van der Waals surface area (Å²) >= 11 is 6.81. The molecule has 0 amide bonds. The Labute approximate surface area is 250 Å². The fourth-order valence-corrected chi connectivity index (χ4v) is 6.15. The summed E-state index contributed by atoms with van der Waals surface area (Å²) in [4.78, 5) is 17.0. The summed E-state index contributed by atoms with van der Waals surface area (Å²) in [5, 5.41) is 0. The van der Waals surface area contributed by atoms with E-state index >= 15 is 0 Å². The number of aliphatic imine (C=N–C) groups is 1. The van der Waals surface area contributed by atoms with Crippen LogP contribution in [0.4, 0.5) is 0 Å². The van der Waals surface area contributed by atoms with Crippen molar-refractivity contribution < 1.29 is 14.3 Å². The molecule has 0 aliphatic carbocycles. The number of halogens is 3. The van der Waals surface area contributed by atoms with E-state index in [4.69, 9.17) is 9.47 Å². The van der Waals surface area contributed by atoms with Crippen molar-refractivity contribution in [2.24, 2.45) is 4.99 Å². The van der Waals surface area contributed by atoms with E-state index in [0.29, 0.717) is 12.5 Å². The highest BCUT2D eigenvalue weighted by molar-refractivity contribution is 14.1. The predicted octanol–water partition coefficient (Wildman–Crippen LogP) is 8.09. The molecule has 1 aliphatic rings. The molecule has 36 heavy (non-hydrogen) atoms. The first-order chi connectivity index (χ1) is 17.5. The van der Waals surface area contributed by atoms with Gasteiger partial charge in [0.05, 0.1) is 7.14 Å². The fourth-order valence-electron chi connectivity index (χ4n) is 3.66. The molecule has 0 radical (unpaired) electrons. The number of benzene rings is 4. The van der Waals surface area contributed by atoms with Crippen molar-refractivity contribution >= 4 is 85.7 Å². The maximum absolute atomic E-state index is 12.5. The van der Waals surface area contributed by atoms with E-state index in [-0.39, 0.29) is 5.70 Å². The molecular weight excluding hydrogens is 791 g/mol. The number of carbonyl (C=O) groups excluding carboxylic acids is 1. The first-order valence-electron chi connectivity index (χ1n) is 11.0. The van der Waals surface area contributed by atoms with Crippen LogP contribution in [0.15, 0.2) is 102 Å². The molecule has 0 bridgehead atoms. The third-order valence-corrected chi connectivity index (χ3v) is 7.80. The lowest BCUT2D eigenvalue weighted by atomic mass is 10.0. The van der Waals surface area contributed by atoms with Crippen LogP contribution in [-0.4, -0.2) is 11.9 Å². The minimum absolute atomic E-state index is 0.274. The third kappa shape index (κ3) is 6.00. The molecular formula is C29H18I3NO3. The molecule has 4 nitrogen and oxygen atoms in total. The minimum atomic E-state index is -0.457. The Morgan fingerprint density at radius 2 is 1.39 bits per heavy atom. The predicted molar refractivity (Wildman–Crippen MR) is 168 cm³/mol. The summed E-state index contributed by atoms with van der Waals surface area (Å²) in [7, 11) is 0. The Morgan fingerprint density at radius 1 is 0.778 bits per heavy atom. The molecule has 4 aromatic rings. The average molecular weight is 809 g/mol. The third-order valence-electron chi connectivity index (χ3n) is 5.48. The molecule has 0 aromatic heterocycles. The van der Waals surface area contributed by atoms with Gasteiger partial charge in [0.15, 0.2) is 5.70 Å². The summed E-state index contributed by atoms with van der Waals surface area (Å²) in [6.07, 6.45) is 1.75. The summed E-state index contributed by atoms with van der Waals surface area (Å²) in [5.41, 5.74) is 5.23. The van der Waals surface area contributed by atoms with Gasteiger partial charge in [0.2, 0.25) is 5.90 Å². The van der Waals surface area contributed by atoms with Crippen LogP contribution in [0.3, 0.4) is 0 Å². The molecule has 0 N–H and O–H groups in total. The van der Waals surface area contributed by atoms with E-state index in [1.54, 1.807) is 6.08 Å². The molecule has 4 aromatic carbocycles. The molecule has 178 valence electrons. The van der Waals surface area contributed by atoms with Crippen molar-refractivity contribution in [1.82, 2.24) is 0 Å². The summed E-state index contributed by atoms with van der Waals surface area (Å²) in [6.45, 7) is 0.492. The van der Waals surface area contributed by atoms with Gasteiger partial charge in [-0.2, -0.15) is 0 Å². The van der Waals surface area contributed by atoms with Crippen LogP contribution in [-0.2, 0) is 16.1 Å². The average Bonchev–Trinajstić information content (AvgIpc) is 3.25. The molecule has 5 rings (SSSR count). The number of ether oxygens (including phenoxy) is 2. The highest BCUT2D eigenvalue weighted by Gasteiger charge is 2.24. The maximum atomic E-state index is 12.5. The first kappa shape index (κ1) is 25.4. The lowest BCUT2D eigenvalue weighted by molar-refractivity contribution is -0.129. The zero-order valence-electron chi connectivity index (χ0n) is 18.8. The fraction of sp³-hybridized carbons (Fsp3) is 0.0345. The van der Waals surface area contributed by atoms with Gasteiger partial charge >= 0.3 is 5.97 Å². The zero-order valence-corrected chi connectivity index (χ0v) is 25.2. The second kappa shape index (κ2) is 11.4. The quantitative estimate of drug-likeness (QED) is 0.113. The normalized spacial score (nSPS) is 14.0. The molecule has 0 atom stereocenters. The number of nitrogens with zero attached hydrogens (tertiary/aromatic N) is 1. The van der Waals surface area contributed by atoms with Gasteiger partial charge in [0.25, 0.3) is 0 Å². The van der Waals surface area contributed by atoms with Crippen molar-refractivity contribution in [3.63, 3.8) is 0 Å². The second-order valence-electron chi connectivity index (χ2n) is 8.01. The summed E-state index contributed by atoms with van der Waals surface area (Å²) in [6, 6.07) is 30.2. The van der Waals surface area contributed by atoms with Crippen LogP contribution < -0.4 is 4.74 Å². The van der Waals surface area contributed by atoms with Crippen molar-refractivity contribution in [3.05, 3.63) is 124 Å². The maximum Gasteiger partial charge on any atom is 0.363 e. The number of hydrogen-bond acceptors (Lipinski definition) is 4. The molecule has 0 saturated heterocycles. The van der Waals surface area contributed by atoms with Gasteiger partial charge in [-0.1, -0.05) is 54.6 Å². The Kier molecular flexibility index (Phi) is 8.06. The highest BCUT2D eigenvalue weighted by Crippen LogP contribution is 2.31. The SMILES string of the molecule is O=C1OC(c2ccc(-c3ccccc3)cc2)=N/C1=C\c1cc(I)c(OCc2ccc(I)cc2)c(I)c1. The van der Waals surface area contributed by atoms with Crippen molar-refractivity contribution in [1.29, 1.82) is 0 Å². The topological polar surface area (TPSA) is 47.9 Å². The van der Waals surface area contributed by atoms with Crippen molar-refractivity contribution in [3.8, 4) is 16.9 Å². The van der Waals surface area contributed by atoms with Gasteiger partial charge in [-0.3, -0.25) is 0 Å². The monoisotopic (exact) mass is 809 g/mol. The van der Waals surface area contributed by atoms with Gasteiger partial charge in [-0.25, -0.2) is 9.79 Å². The van der Waals surface area contributed by atoms with E-state index in [1.807, 2.05) is 54.6 Å².